The number of rotatable bonds is 6. The smallest absolute Gasteiger partial charge is 0.149 e. The zero-order chi connectivity index (χ0) is 47.0. The molecule has 0 saturated heterocycles. The minimum Gasteiger partial charge on any atom is -0.457 e. The summed E-state index contributed by atoms with van der Waals surface area (Å²) >= 11 is 0. The first-order valence-electron chi connectivity index (χ1n) is 24.1. The zero-order valence-corrected chi connectivity index (χ0v) is 40.8. The lowest BCUT2D eigenvalue weighted by molar-refractivity contribution is 0.675. The second-order valence-corrected chi connectivity index (χ2v) is 19.8. The molecule has 0 atom stereocenters. The highest BCUT2D eigenvalue weighted by Gasteiger charge is 2.25. The number of fused-ring (bicyclic) bond motifs is 3. The molecular formula is C57H44B10O. The van der Waals surface area contributed by atoms with Crippen LogP contribution in [-0.4, -0.2) is 78.5 Å². The molecule has 1 aromatic heterocycles. The fourth-order valence-corrected chi connectivity index (χ4v) is 12.2. The first-order valence-corrected chi connectivity index (χ1v) is 24.1. The number of furan rings is 1. The third kappa shape index (κ3) is 5.99. The molecule has 0 radical (unpaired) electrons. The van der Waals surface area contributed by atoms with Gasteiger partial charge in [-0.25, -0.2) is 0 Å². The van der Waals surface area contributed by atoms with Crippen molar-refractivity contribution in [1.29, 1.82) is 0 Å². The summed E-state index contributed by atoms with van der Waals surface area (Å²) in [5.74, 6) is 3.05. The maximum Gasteiger partial charge on any atom is 0.149 e. The van der Waals surface area contributed by atoms with Gasteiger partial charge < -0.3 is 4.42 Å². The molecule has 0 aliphatic rings. The Morgan fingerprint density at radius 3 is 1.49 bits per heavy atom. The minimum absolute atomic E-state index is 0.735. The Kier molecular flexibility index (Phi) is 9.66. The Morgan fingerprint density at radius 1 is 0.441 bits per heavy atom. The summed E-state index contributed by atoms with van der Waals surface area (Å²) in [6.45, 7) is 0. The monoisotopic (exact) mass is 854 g/mol. The van der Waals surface area contributed by atoms with E-state index in [1.807, 2.05) is 0 Å². The molecule has 0 saturated carbocycles. The van der Waals surface area contributed by atoms with Gasteiger partial charge in [-0.3, -0.25) is 0 Å². The quantitative estimate of drug-likeness (QED) is 0.101. The van der Waals surface area contributed by atoms with E-state index in [1.165, 1.54) is 158 Å². The Morgan fingerprint density at radius 2 is 0.912 bits per heavy atom. The van der Waals surface area contributed by atoms with Gasteiger partial charge >= 0.3 is 0 Å². The Bertz CT molecular complexity index is 4270. The van der Waals surface area contributed by atoms with Gasteiger partial charge in [-0.15, -0.1) is 11.9 Å². The van der Waals surface area contributed by atoms with Crippen LogP contribution in [0.5, 0.6) is 0 Å². The van der Waals surface area contributed by atoms with Gasteiger partial charge in [0.25, 0.3) is 0 Å². The normalized spacial score (nSPS) is 12.9. The molecule has 11 heteroatoms. The van der Waals surface area contributed by atoms with Gasteiger partial charge in [0.1, 0.15) is 89.6 Å². The molecule has 0 N–H and O–H groups in total. The van der Waals surface area contributed by atoms with E-state index >= 15 is 0 Å². The van der Waals surface area contributed by atoms with Crippen LogP contribution in [0.4, 0.5) is 0 Å². The molecule has 0 fully saturated rings. The molecule has 12 rings (SSSR count). The maximum absolute atomic E-state index is 6.90. The van der Waals surface area contributed by atoms with Gasteiger partial charge in [0.15, 0.2) is 0 Å². The Balaban J connectivity index is 1.13. The van der Waals surface area contributed by atoms with E-state index in [0.717, 1.165) is 28.5 Å². The number of hydrogen-bond donors (Lipinski definition) is 0. The molecule has 11 aromatic carbocycles. The van der Waals surface area contributed by atoms with Crippen LogP contribution in [0.25, 0.3) is 114 Å². The van der Waals surface area contributed by atoms with E-state index in [9.17, 15) is 0 Å². The lowest BCUT2D eigenvalue weighted by Gasteiger charge is -2.24. The summed E-state index contributed by atoms with van der Waals surface area (Å²) in [5, 5.41) is 18.0. The standard InChI is InChI=1S/C57H44B10O/c1-2-38(58)48(60)44(45-49(61)46-47-51(63)52(64)53(65)55(67)57(47)68-56(46)54(66)50(45)62)39(59)24-32-14-13-31(33-19-15-29-11-9-25-5-3-7-27-17-21-35(33)42(29)40(25)27)23-37(32)34-20-16-30-12-10-26-6-4-8-28-18-22-36(34)43(30)41(26)28/h1,3-23H,24,58-67H2/b44-39+,48-38-. The SMILES string of the molecule is B/C(C#C)=C(B)/C(=C(/B)Cc1ccc(-c2ccc3ccc4cccc5ccc2c3c45)cc1-c1ccc2ccc3cccc4ccc1c2c34)c1c(B)c(B)c2oc3c(B)c(B)c(B)c(B)c3c2c1B. The third-order valence-electron chi connectivity index (χ3n) is 16.4. The van der Waals surface area contributed by atoms with Gasteiger partial charge in [0.2, 0.25) is 0 Å². The molecule has 1 nitrogen and oxygen atoms in total. The highest BCUT2D eigenvalue weighted by Crippen LogP contribution is 2.44. The van der Waals surface area contributed by atoms with Crippen LogP contribution in [0, 0.1) is 12.3 Å². The van der Waals surface area contributed by atoms with E-state index in [0.29, 0.717) is 0 Å². The summed E-state index contributed by atoms with van der Waals surface area (Å²) in [4.78, 5) is 0. The van der Waals surface area contributed by atoms with Crippen LogP contribution in [0.3, 0.4) is 0 Å². The molecule has 0 spiro atoms. The van der Waals surface area contributed by atoms with Gasteiger partial charge in [-0.05, 0) is 122 Å². The van der Waals surface area contributed by atoms with Crippen molar-refractivity contribution in [3.8, 4) is 34.6 Å². The van der Waals surface area contributed by atoms with E-state index in [-0.39, 0.29) is 0 Å². The summed E-state index contributed by atoms with van der Waals surface area (Å²) in [6.07, 6.45) is 7.03. The lowest BCUT2D eigenvalue weighted by Crippen LogP contribution is -2.47. The van der Waals surface area contributed by atoms with Crippen molar-refractivity contribution in [2.75, 3.05) is 0 Å². The molecule has 12 aromatic rings. The van der Waals surface area contributed by atoms with Crippen LogP contribution in [-0.2, 0) is 6.42 Å². The average Bonchev–Trinajstić information content (AvgIpc) is 3.78. The summed E-state index contributed by atoms with van der Waals surface area (Å²) in [5.41, 5.74) is 22.8. The summed E-state index contributed by atoms with van der Waals surface area (Å²) in [6, 6.07) is 48.3. The maximum atomic E-state index is 6.90. The number of allylic oxidation sites excluding steroid dienone is 4. The van der Waals surface area contributed by atoms with E-state index in [4.69, 9.17) is 10.8 Å². The second-order valence-electron chi connectivity index (χ2n) is 19.8. The number of benzene rings is 11. The van der Waals surface area contributed by atoms with Crippen LogP contribution in [0.15, 0.2) is 148 Å². The van der Waals surface area contributed by atoms with Crippen LogP contribution < -0.4 is 38.2 Å². The zero-order valence-electron chi connectivity index (χ0n) is 40.8. The predicted octanol–water partition coefficient (Wildman–Crippen LogP) is 0.222. The molecule has 0 unspecified atom stereocenters. The molecule has 0 aliphatic carbocycles. The van der Waals surface area contributed by atoms with E-state index < -0.39 is 0 Å². The first kappa shape index (κ1) is 42.4. The Hall–Kier alpha value is -7.01. The van der Waals surface area contributed by atoms with Gasteiger partial charge in [-0.2, -0.15) is 0 Å². The van der Waals surface area contributed by atoms with Gasteiger partial charge in [0.05, 0.1) is 0 Å². The van der Waals surface area contributed by atoms with Crippen molar-refractivity contribution in [3.63, 3.8) is 0 Å². The Labute approximate surface area is 407 Å². The van der Waals surface area contributed by atoms with Crippen molar-refractivity contribution < 1.29 is 4.42 Å². The van der Waals surface area contributed by atoms with Crippen molar-refractivity contribution in [2.45, 2.75) is 6.42 Å². The fourth-order valence-electron chi connectivity index (χ4n) is 12.2. The molecule has 308 valence electrons. The third-order valence-corrected chi connectivity index (χ3v) is 16.4. The van der Waals surface area contributed by atoms with Crippen LogP contribution in [0.2, 0.25) is 0 Å². The molecule has 0 aliphatic heterocycles. The molecular weight excluding hydrogens is 809 g/mol. The molecule has 0 bridgehead atoms. The van der Waals surface area contributed by atoms with Crippen molar-refractivity contribution >= 4 is 209 Å². The minimum atomic E-state index is 0.735. The summed E-state index contributed by atoms with van der Waals surface area (Å²) < 4.78 is 6.90. The molecule has 1 heterocycles. The highest BCUT2D eigenvalue weighted by atomic mass is 16.3. The predicted molar refractivity (Wildman–Crippen MR) is 328 cm³/mol. The average molecular weight is 853 g/mol. The molecule has 68 heavy (non-hydrogen) atoms. The fraction of sp³-hybridized carbons (Fsp3) is 0.0175. The van der Waals surface area contributed by atoms with Crippen LogP contribution >= 0.6 is 0 Å². The van der Waals surface area contributed by atoms with Crippen molar-refractivity contribution in [1.82, 2.24) is 0 Å². The lowest BCUT2D eigenvalue weighted by atomic mass is 9.61. The van der Waals surface area contributed by atoms with E-state index in [1.54, 1.807) is 0 Å². The summed E-state index contributed by atoms with van der Waals surface area (Å²) in [7, 11) is 22.4. The topological polar surface area (TPSA) is 13.1 Å². The van der Waals surface area contributed by atoms with Gasteiger partial charge in [0, 0.05) is 10.8 Å². The van der Waals surface area contributed by atoms with Crippen LogP contribution in [0.1, 0.15) is 11.1 Å². The van der Waals surface area contributed by atoms with Gasteiger partial charge in [-0.1, -0.05) is 171 Å². The number of terminal acetylenes is 1. The van der Waals surface area contributed by atoms with Crippen molar-refractivity contribution in [2.24, 2.45) is 0 Å². The van der Waals surface area contributed by atoms with E-state index in [2.05, 4.69) is 212 Å². The first-order chi connectivity index (χ1) is 32.9. The second kappa shape index (κ2) is 15.5. The molecule has 0 amide bonds. The van der Waals surface area contributed by atoms with Crippen molar-refractivity contribution in [3.05, 3.63) is 155 Å². The number of hydrogen-bond acceptors (Lipinski definition) is 1. The largest absolute Gasteiger partial charge is 0.457 e. The highest BCUT2D eigenvalue weighted by molar-refractivity contribution is 6.69.